The average Bonchev–Trinajstić information content (AvgIpc) is 2.65. The van der Waals surface area contributed by atoms with Gasteiger partial charge in [0.15, 0.2) is 6.54 Å². The van der Waals surface area contributed by atoms with Gasteiger partial charge in [-0.05, 0) is 55.3 Å². The Bertz CT molecular complexity index is 970. The molecule has 1 heterocycles. The van der Waals surface area contributed by atoms with E-state index in [0.29, 0.717) is 37.7 Å². The standard InChI is InChI=1S/C20H24ClN3O3S/c1-15-6-7-18(12-16(15)2)22-20(25)14-23-8-10-24(11-9-23)28(26,27)19-5-3-4-17(21)13-19/h3-7,12-13H,8-11,14H2,1-2H3,(H,22,25)/p+1. The number of nitrogens with zero attached hydrogens (tertiary/aromatic N) is 1. The van der Waals surface area contributed by atoms with E-state index in [1.807, 2.05) is 32.0 Å². The Kier molecular flexibility index (Phi) is 6.40. The molecule has 0 aromatic heterocycles. The summed E-state index contributed by atoms with van der Waals surface area (Å²) in [5, 5.41) is 3.32. The van der Waals surface area contributed by atoms with Crippen LogP contribution in [0.2, 0.25) is 5.02 Å². The van der Waals surface area contributed by atoms with Gasteiger partial charge in [0.25, 0.3) is 5.91 Å². The normalized spacial score (nSPS) is 16.1. The molecule has 1 saturated heterocycles. The number of anilines is 1. The predicted molar refractivity (Wildman–Crippen MR) is 110 cm³/mol. The molecule has 0 spiro atoms. The first-order valence-corrected chi connectivity index (χ1v) is 11.0. The van der Waals surface area contributed by atoms with Crippen molar-refractivity contribution in [2.75, 3.05) is 38.0 Å². The Morgan fingerprint density at radius 2 is 1.82 bits per heavy atom. The number of quaternary nitrogens is 1. The Labute approximate surface area is 171 Å². The number of carbonyl (C=O) groups is 1. The van der Waals surface area contributed by atoms with Crippen LogP contribution in [0.1, 0.15) is 11.1 Å². The summed E-state index contributed by atoms with van der Waals surface area (Å²) in [5.41, 5.74) is 3.10. The quantitative estimate of drug-likeness (QED) is 0.766. The van der Waals surface area contributed by atoms with Crippen LogP contribution in [0.5, 0.6) is 0 Å². The van der Waals surface area contributed by atoms with Gasteiger partial charge in [0.05, 0.1) is 31.1 Å². The molecule has 2 aromatic rings. The van der Waals surface area contributed by atoms with Gasteiger partial charge in [-0.1, -0.05) is 23.7 Å². The van der Waals surface area contributed by atoms with Crippen molar-refractivity contribution in [1.82, 2.24) is 4.31 Å². The van der Waals surface area contributed by atoms with E-state index in [1.165, 1.54) is 15.9 Å². The molecule has 0 bridgehead atoms. The number of hydrogen-bond acceptors (Lipinski definition) is 3. The van der Waals surface area contributed by atoms with Gasteiger partial charge in [0, 0.05) is 10.7 Å². The number of carbonyl (C=O) groups excluding carboxylic acids is 1. The van der Waals surface area contributed by atoms with Crippen molar-refractivity contribution in [3.05, 3.63) is 58.6 Å². The van der Waals surface area contributed by atoms with E-state index in [-0.39, 0.29) is 10.8 Å². The molecule has 0 unspecified atom stereocenters. The summed E-state index contributed by atoms with van der Waals surface area (Å²) >= 11 is 5.92. The Hall–Kier alpha value is -1.93. The van der Waals surface area contributed by atoms with Crippen LogP contribution in [0.4, 0.5) is 5.69 Å². The van der Waals surface area contributed by atoms with Crippen molar-refractivity contribution in [3.8, 4) is 0 Å². The number of sulfonamides is 1. The third-order valence-corrected chi connectivity index (χ3v) is 7.19. The van der Waals surface area contributed by atoms with Crippen LogP contribution in [0.25, 0.3) is 0 Å². The van der Waals surface area contributed by atoms with Gasteiger partial charge in [0.2, 0.25) is 10.0 Å². The zero-order chi connectivity index (χ0) is 20.3. The highest BCUT2D eigenvalue weighted by atomic mass is 35.5. The molecule has 0 atom stereocenters. The number of amides is 1. The van der Waals surface area contributed by atoms with Crippen LogP contribution in [0.3, 0.4) is 0 Å². The van der Waals surface area contributed by atoms with Crippen molar-refractivity contribution < 1.29 is 18.1 Å². The van der Waals surface area contributed by atoms with Crippen LogP contribution >= 0.6 is 11.6 Å². The van der Waals surface area contributed by atoms with Gasteiger partial charge >= 0.3 is 0 Å². The second kappa shape index (κ2) is 8.61. The molecular formula is C20H25ClN3O3S+. The third-order valence-electron chi connectivity index (χ3n) is 5.06. The number of piperazine rings is 1. The molecule has 6 nitrogen and oxygen atoms in total. The average molecular weight is 423 g/mol. The lowest BCUT2D eigenvalue weighted by molar-refractivity contribution is -0.895. The lowest BCUT2D eigenvalue weighted by Gasteiger charge is -2.31. The number of benzene rings is 2. The van der Waals surface area contributed by atoms with Crippen molar-refractivity contribution in [3.63, 3.8) is 0 Å². The van der Waals surface area contributed by atoms with Crippen molar-refractivity contribution in [1.29, 1.82) is 0 Å². The zero-order valence-corrected chi connectivity index (χ0v) is 17.6. The van der Waals surface area contributed by atoms with Crippen LogP contribution in [0.15, 0.2) is 47.4 Å². The van der Waals surface area contributed by atoms with Crippen LogP contribution < -0.4 is 10.2 Å². The maximum Gasteiger partial charge on any atom is 0.279 e. The van der Waals surface area contributed by atoms with E-state index in [2.05, 4.69) is 5.32 Å². The molecule has 1 fully saturated rings. The van der Waals surface area contributed by atoms with Crippen molar-refractivity contribution in [2.24, 2.45) is 0 Å². The number of hydrogen-bond donors (Lipinski definition) is 2. The smallest absolute Gasteiger partial charge is 0.279 e. The highest BCUT2D eigenvalue weighted by Gasteiger charge is 2.31. The number of aryl methyl sites for hydroxylation is 2. The molecule has 0 aliphatic carbocycles. The van der Waals surface area contributed by atoms with Crippen molar-refractivity contribution in [2.45, 2.75) is 18.7 Å². The number of rotatable bonds is 5. The first kappa shape index (κ1) is 20.8. The molecule has 150 valence electrons. The van der Waals surface area contributed by atoms with Gasteiger partial charge in [-0.3, -0.25) is 4.79 Å². The summed E-state index contributed by atoms with van der Waals surface area (Å²) in [6.45, 7) is 6.28. The second-order valence-electron chi connectivity index (χ2n) is 7.14. The fraction of sp³-hybridized carbons (Fsp3) is 0.350. The van der Waals surface area contributed by atoms with E-state index < -0.39 is 10.0 Å². The molecule has 2 aromatic carbocycles. The summed E-state index contributed by atoms with van der Waals surface area (Å²) < 4.78 is 27.0. The van der Waals surface area contributed by atoms with Crippen molar-refractivity contribution >= 4 is 33.2 Å². The van der Waals surface area contributed by atoms with E-state index in [1.54, 1.807) is 18.2 Å². The Balaban J connectivity index is 1.55. The SMILES string of the molecule is Cc1ccc(NC(=O)C[NH+]2CCN(S(=O)(=O)c3cccc(Cl)c3)CC2)cc1C. The lowest BCUT2D eigenvalue weighted by atomic mass is 10.1. The molecule has 1 aliphatic heterocycles. The summed E-state index contributed by atoms with van der Waals surface area (Å²) in [4.78, 5) is 13.6. The monoisotopic (exact) mass is 422 g/mol. The Morgan fingerprint density at radius 1 is 1.11 bits per heavy atom. The number of nitrogens with one attached hydrogen (secondary N) is 2. The predicted octanol–water partition coefficient (Wildman–Crippen LogP) is 1.48. The summed E-state index contributed by atoms with van der Waals surface area (Å²) in [6, 6.07) is 12.1. The molecule has 8 heteroatoms. The molecule has 2 N–H and O–H groups in total. The zero-order valence-electron chi connectivity index (χ0n) is 16.0. The highest BCUT2D eigenvalue weighted by Crippen LogP contribution is 2.19. The lowest BCUT2D eigenvalue weighted by Crippen LogP contribution is -3.15. The minimum absolute atomic E-state index is 0.0654. The summed E-state index contributed by atoms with van der Waals surface area (Å²) in [7, 11) is -3.56. The molecule has 1 amide bonds. The first-order valence-electron chi connectivity index (χ1n) is 9.22. The number of halogens is 1. The molecule has 1 aliphatic rings. The molecule has 3 rings (SSSR count). The van der Waals surface area contributed by atoms with E-state index >= 15 is 0 Å². The fourth-order valence-corrected chi connectivity index (χ4v) is 4.99. The fourth-order valence-electron chi connectivity index (χ4n) is 3.25. The highest BCUT2D eigenvalue weighted by molar-refractivity contribution is 7.89. The Morgan fingerprint density at radius 3 is 2.46 bits per heavy atom. The third kappa shape index (κ3) is 4.91. The topological polar surface area (TPSA) is 70.9 Å². The van der Waals surface area contributed by atoms with Gasteiger partial charge in [-0.2, -0.15) is 4.31 Å². The van der Waals surface area contributed by atoms with Gasteiger partial charge in [0.1, 0.15) is 0 Å². The minimum Gasteiger partial charge on any atom is -0.325 e. The van der Waals surface area contributed by atoms with Crippen LogP contribution in [0, 0.1) is 13.8 Å². The van der Waals surface area contributed by atoms with E-state index in [9.17, 15) is 13.2 Å². The summed E-state index contributed by atoms with van der Waals surface area (Å²) in [6.07, 6.45) is 0. The molecule has 0 radical (unpaired) electrons. The molecule has 0 saturated carbocycles. The molecular weight excluding hydrogens is 398 g/mol. The largest absolute Gasteiger partial charge is 0.325 e. The van der Waals surface area contributed by atoms with Crippen LogP contribution in [-0.4, -0.2) is 51.4 Å². The first-order chi connectivity index (χ1) is 13.3. The van der Waals surface area contributed by atoms with Crippen LogP contribution in [-0.2, 0) is 14.8 Å². The van der Waals surface area contributed by atoms with Gasteiger partial charge < -0.3 is 10.2 Å². The van der Waals surface area contributed by atoms with E-state index in [4.69, 9.17) is 11.6 Å². The maximum atomic E-state index is 12.7. The summed E-state index contributed by atoms with van der Waals surface area (Å²) in [5.74, 6) is -0.0654. The van der Waals surface area contributed by atoms with E-state index in [0.717, 1.165) is 16.2 Å². The van der Waals surface area contributed by atoms with Gasteiger partial charge in [-0.15, -0.1) is 0 Å². The minimum atomic E-state index is -3.56. The molecule has 28 heavy (non-hydrogen) atoms. The van der Waals surface area contributed by atoms with Gasteiger partial charge in [-0.25, -0.2) is 8.42 Å². The maximum absolute atomic E-state index is 12.7. The second-order valence-corrected chi connectivity index (χ2v) is 9.51.